The molecule has 0 bridgehead atoms. The van der Waals surface area contributed by atoms with Crippen LogP contribution in [0.3, 0.4) is 0 Å². The number of para-hydroxylation sites is 3. The summed E-state index contributed by atoms with van der Waals surface area (Å²) < 4.78 is 66.2. The zero-order valence-electron chi connectivity index (χ0n) is 34.0. The van der Waals surface area contributed by atoms with Gasteiger partial charge in [0, 0.05) is 21.9 Å². The van der Waals surface area contributed by atoms with Gasteiger partial charge in [-0.05, 0) is 85.8 Å². The molecule has 1 fully saturated rings. The SMILES string of the molecule is C.O=C1CC(CP2(=O)Oc3ccccc3-c3ccccc32)C(=O)O1.O=P1(c2cc(O)ccc2O)Oc2ccccc2-c2ccccc21.O=[p+]1oc2ccccc2c2ccccc21.[2H]OP. The van der Waals surface area contributed by atoms with E-state index in [4.69, 9.17) is 14.7 Å². The summed E-state index contributed by atoms with van der Waals surface area (Å²) in [7, 11) is -6.86. The number of benzene rings is 7. The monoisotopic (exact) mass is 934 g/mol. The van der Waals surface area contributed by atoms with Crippen LogP contribution in [0.5, 0.6) is 23.0 Å². The van der Waals surface area contributed by atoms with Gasteiger partial charge in [-0.3, -0.25) is 18.7 Å². The first-order valence-electron chi connectivity index (χ1n) is 19.7. The molecule has 8 aromatic rings. The molecule has 16 heteroatoms. The van der Waals surface area contributed by atoms with Crippen molar-refractivity contribution in [3.63, 3.8) is 0 Å². The molecule has 12 nitrogen and oxygen atoms in total. The summed E-state index contributed by atoms with van der Waals surface area (Å²) in [6.45, 7) is 0. The van der Waals surface area contributed by atoms with E-state index in [0.717, 1.165) is 38.1 Å². The summed E-state index contributed by atoms with van der Waals surface area (Å²) in [5, 5.41) is 23.9. The lowest BCUT2D eigenvalue weighted by Crippen LogP contribution is -2.25. The van der Waals surface area contributed by atoms with Crippen molar-refractivity contribution >= 4 is 81.2 Å². The predicted molar refractivity (Wildman–Crippen MR) is 253 cm³/mol. The molecule has 0 amide bonds. The van der Waals surface area contributed by atoms with E-state index in [0.29, 0.717) is 27.7 Å². The molecular weight excluding hydrogens is 892 g/mol. The number of carbonyl (C=O) groups excluding carboxylic acids is 2. The first-order valence-corrected chi connectivity index (χ1v) is 24.4. The van der Waals surface area contributed by atoms with E-state index in [1.807, 2.05) is 103 Å². The number of rotatable bonds is 3. The van der Waals surface area contributed by atoms with Crippen LogP contribution in [0.2, 0.25) is 0 Å². The molecule has 11 rings (SSSR count). The van der Waals surface area contributed by atoms with Gasteiger partial charge in [0.1, 0.15) is 23.0 Å². The topological polar surface area (TPSA) is 187 Å². The maximum Gasteiger partial charge on any atom is 0.597 e. The van der Waals surface area contributed by atoms with Gasteiger partial charge < -0.3 is 28.9 Å². The van der Waals surface area contributed by atoms with Crippen LogP contribution in [0.15, 0.2) is 168 Å². The summed E-state index contributed by atoms with van der Waals surface area (Å²) >= 11 is 0. The number of aromatic hydroxyl groups is 2. The van der Waals surface area contributed by atoms with E-state index in [1.165, 1.54) is 18.2 Å². The van der Waals surface area contributed by atoms with Crippen LogP contribution >= 0.6 is 31.9 Å². The van der Waals surface area contributed by atoms with E-state index in [-0.39, 0.29) is 36.8 Å². The van der Waals surface area contributed by atoms with Crippen molar-refractivity contribution in [1.82, 2.24) is 0 Å². The van der Waals surface area contributed by atoms with Crippen molar-refractivity contribution < 1.29 is 56.4 Å². The minimum absolute atomic E-state index is 0. The number of phenols is 2. The Morgan fingerprint density at radius 2 is 1.19 bits per heavy atom. The summed E-state index contributed by atoms with van der Waals surface area (Å²) in [5.74, 6) is -1.12. The molecule has 3 aliphatic heterocycles. The molecule has 64 heavy (non-hydrogen) atoms. The minimum Gasteiger partial charge on any atom is -0.508 e. The first-order chi connectivity index (χ1) is 30.9. The van der Waals surface area contributed by atoms with Gasteiger partial charge in [0.25, 0.3) is 7.37 Å². The van der Waals surface area contributed by atoms with Gasteiger partial charge in [-0.1, -0.05) is 111 Å². The standard InChI is InChI=1S/C18H13O4P.C17H13O5P.C12H8O2P.CH4.H3OP/c19-12-9-10-15(20)18(11-12)23(21)17-8-4-2-6-14(17)13-5-1-3-7-16(13)22-23;18-16-9-11(17(19)21-16)10-23(20)15-8-4-2-6-13(15)12-5-1-3-7-14(12)22-23;13-15-12-8-4-2-6-10(12)9-5-1-3-7-11(9)14-15;;1-2/h1-11,19-20H;1-8,11H,9-10H2;1-8H;1H4;1H,2H2/q;;+1;;/i;;;;1D. The molecule has 0 radical (unpaired) electrons. The van der Waals surface area contributed by atoms with Gasteiger partial charge in [-0.15, -0.1) is 0 Å². The highest BCUT2D eigenvalue weighted by atomic mass is 31.2. The second-order valence-corrected chi connectivity index (χ2v) is 20.1. The minimum atomic E-state index is -3.56. The number of fused-ring (bicyclic) bond motifs is 9. The third-order valence-corrected chi connectivity index (χ3v) is 16.6. The molecule has 5 unspecified atom stereocenters. The molecule has 3 N–H and O–H groups in total. The Kier molecular flexibility index (Phi) is 13.2. The molecule has 4 heterocycles. The number of esters is 2. The normalized spacial score (nSPS) is 18.9. The van der Waals surface area contributed by atoms with Gasteiger partial charge in [0.2, 0.25) is 6.55 Å². The average Bonchev–Trinajstić information content (AvgIpc) is 3.62. The Labute approximate surface area is 372 Å². The maximum absolute atomic E-state index is 13.7. The van der Waals surface area contributed by atoms with Crippen LogP contribution in [0.4, 0.5) is 0 Å². The molecule has 324 valence electrons. The van der Waals surface area contributed by atoms with E-state index >= 15 is 0 Å². The van der Waals surface area contributed by atoms with Crippen LogP contribution in [-0.2, 0) is 28.0 Å². The third kappa shape index (κ3) is 8.76. The first kappa shape index (κ1) is 44.2. The van der Waals surface area contributed by atoms with Gasteiger partial charge in [0.05, 0.1) is 34.4 Å². The van der Waals surface area contributed by atoms with Crippen molar-refractivity contribution in [3.8, 4) is 45.3 Å². The van der Waals surface area contributed by atoms with Crippen molar-refractivity contribution in [2.24, 2.45) is 5.92 Å². The van der Waals surface area contributed by atoms with Crippen molar-refractivity contribution in [2.75, 3.05) is 6.16 Å². The Morgan fingerprint density at radius 1 is 0.656 bits per heavy atom. The Morgan fingerprint density at radius 3 is 1.84 bits per heavy atom. The smallest absolute Gasteiger partial charge is 0.508 e. The maximum atomic E-state index is 13.7. The van der Waals surface area contributed by atoms with Crippen LogP contribution in [0.1, 0.15) is 13.8 Å². The van der Waals surface area contributed by atoms with Crippen LogP contribution in [0, 0.1) is 5.92 Å². The molecule has 0 aliphatic carbocycles. The number of phenolic OH excluding ortho intramolecular Hbond substituents is 2. The second kappa shape index (κ2) is 19.2. The molecule has 1 saturated heterocycles. The van der Waals surface area contributed by atoms with Gasteiger partial charge >= 0.3 is 27.0 Å². The zero-order valence-corrected chi connectivity index (χ0v) is 36.8. The third-order valence-electron chi connectivity index (χ3n) is 10.5. The summed E-state index contributed by atoms with van der Waals surface area (Å²) in [6.07, 6.45) is -0.0705. The number of ether oxygens (including phenoxy) is 1. The highest BCUT2D eigenvalue weighted by Crippen LogP contribution is 2.57. The van der Waals surface area contributed by atoms with E-state index in [9.17, 15) is 33.5 Å². The molecule has 1 aromatic heterocycles. The summed E-state index contributed by atoms with van der Waals surface area (Å²) in [5.41, 5.74) is 4.09. The molecular formula is C48H41O12P4+. The molecule has 0 spiro atoms. The zero-order chi connectivity index (χ0) is 45.0. The Hall–Kier alpha value is -6.37. The number of carbonyl (C=O) groups is 2. The highest BCUT2D eigenvalue weighted by molar-refractivity contribution is 7.75. The predicted octanol–water partition coefficient (Wildman–Crippen LogP) is 10.9. The Balaban J connectivity index is 0.000000143. The number of cyclic esters (lactones) is 2. The van der Waals surface area contributed by atoms with Crippen molar-refractivity contribution in [2.45, 2.75) is 13.8 Å². The van der Waals surface area contributed by atoms with E-state index < -0.39 is 40.2 Å². The van der Waals surface area contributed by atoms with Crippen molar-refractivity contribution in [1.29, 1.82) is 1.43 Å². The summed E-state index contributed by atoms with van der Waals surface area (Å²) in [4.78, 5) is 26.4. The van der Waals surface area contributed by atoms with E-state index in [2.05, 4.69) is 9.63 Å². The largest absolute Gasteiger partial charge is 0.597 e. The lowest BCUT2D eigenvalue weighted by atomic mass is 10.0. The fourth-order valence-electron chi connectivity index (χ4n) is 7.67. The van der Waals surface area contributed by atoms with Gasteiger partial charge in [-0.2, -0.15) is 0 Å². The molecule has 5 atom stereocenters. The van der Waals surface area contributed by atoms with E-state index in [1.54, 1.807) is 51.9 Å². The van der Waals surface area contributed by atoms with Crippen LogP contribution in [-0.4, -0.2) is 34.6 Å². The van der Waals surface area contributed by atoms with Gasteiger partial charge in [0.15, 0.2) is 5.58 Å². The van der Waals surface area contributed by atoms with Gasteiger partial charge in [-0.25, -0.2) is 4.20 Å². The number of hydrogen-bond donors (Lipinski definition) is 3. The quantitative estimate of drug-likeness (QED) is 0.0501. The summed E-state index contributed by atoms with van der Waals surface area (Å²) in [6, 6.07) is 48.6. The second-order valence-electron chi connectivity index (χ2n) is 14.3. The molecule has 7 aromatic carbocycles. The molecule has 3 aliphatic rings. The lowest BCUT2D eigenvalue weighted by Gasteiger charge is -2.29. The highest BCUT2D eigenvalue weighted by Gasteiger charge is 2.44. The van der Waals surface area contributed by atoms with Crippen LogP contribution in [0.25, 0.3) is 43.7 Å². The number of hydrogen-bond acceptors (Lipinski definition) is 12. The lowest BCUT2D eigenvalue weighted by molar-refractivity contribution is -0.152. The fourth-order valence-corrected chi connectivity index (χ4v) is 13.7. The average molecular weight is 935 g/mol. The van der Waals surface area contributed by atoms with Crippen LogP contribution < -0.4 is 25.0 Å². The Bertz CT molecular complexity index is 3250. The fraction of sp³-hybridized carbons (Fsp3) is 0.0833. The van der Waals surface area contributed by atoms with Crippen molar-refractivity contribution in [3.05, 3.63) is 164 Å². The molecule has 0 saturated carbocycles.